The minimum Gasteiger partial charge on any atom is -0.493 e. The Hall–Kier alpha value is -3.95. The second-order valence-corrected chi connectivity index (χ2v) is 8.77. The van der Waals surface area contributed by atoms with Crippen molar-refractivity contribution in [3.8, 4) is 22.1 Å². The number of aliphatic hydroxyl groups excluding tert-OH is 1. The normalized spacial score (nSPS) is 11.5. The van der Waals surface area contributed by atoms with Crippen LogP contribution in [0.3, 0.4) is 0 Å². The highest BCUT2D eigenvalue weighted by Crippen LogP contribution is 2.31. The summed E-state index contributed by atoms with van der Waals surface area (Å²) in [5.74, 6) is 1.45. The molecule has 9 heteroatoms. The molecule has 1 amide bonds. The number of para-hydroxylation sites is 1. The molecule has 1 unspecified atom stereocenters. The first-order valence-corrected chi connectivity index (χ1v) is 11.8. The third kappa shape index (κ3) is 5.76. The van der Waals surface area contributed by atoms with Crippen LogP contribution in [0, 0.1) is 0 Å². The number of carbonyl (C=O) groups is 1. The van der Waals surface area contributed by atoms with Crippen molar-refractivity contribution < 1.29 is 19.4 Å². The van der Waals surface area contributed by atoms with Gasteiger partial charge in [-0.15, -0.1) is 11.3 Å². The molecule has 3 N–H and O–H groups in total. The Bertz CT molecular complexity index is 1320. The second kappa shape index (κ2) is 11.0. The van der Waals surface area contributed by atoms with E-state index in [4.69, 9.17) is 9.47 Å². The summed E-state index contributed by atoms with van der Waals surface area (Å²) in [5.41, 5.74) is 3.10. The number of ether oxygens (including phenoxy) is 2. The minimum absolute atomic E-state index is 0.187. The summed E-state index contributed by atoms with van der Waals surface area (Å²) < 4.78 is 10.8. The number of hydrogen-bond acceptors (Lipinski definition) is 8. The lowest BCUT2D eigenvalue weighted by molar-refractivity contribution is 0.0954. The van der Waals surface area contributed by atoms with Crippen molar-refractivity contribution in [3.63, 3.8) is 0 Å². The average molecular weight is 491 g/mol. The van der Waals surface area contributed by atoms with Gasteiger partial charge in [-0.3, -0.25) is 4.79 Å². The summed E-state index contributed by atoms with van der Waals surface area (Å²) in [4.78, 5) is 23.1. The van der Waals surface area contributed by atoms with Gasteiger partial charge in [0.1, 0.15) is 0 Å². The van der Waals surface area contributed by atoms with Crippen LogP contribution in [0.5, 0.6) is 11.5 Å². The van der Waals surface area contributed by atoms with Crippen molar-refractivity contribution in [3.05, 3.63) is 82.9 Å². The highest BCUT2D eigenvalue weighted by atomic mass is 32.1. The second-order valence-electron chi connectivity index (χ2n) is 7.69. The van der Waals surface area contributed by atoms with Gasteiger partial charge in [-0.25, -0.2) is 9.97 Å². The van der Waals surface area contributed by atoms with Crippen molar-refractivity contribution >= 4 is 28.9 Å². The highest BCUT2D eigenvalue weighted by Gasteiger charge is 2.14. The Kier molecular flexibility index (Phi) is 7.59. The van der Waals surface area contributed by atoms with E-state index in [0.717, 1.165) is 21.7 Å². The Morgan fingerprint density at radius 2 is 1.91 bits per heavy atom. The minimum atomic E-state index is -0.565. The van der Waals surface area contributed by atoms with Crippen LogP contribution >= 0.6 is 11.3 Å². The molecule has 0 aliphatic heterocycles. The monoisotopic (exact) mass is 490 g/mol. The molecule has 2 aromatic heterocycles. The molecule has 0 spiro atoms. The average Bonchev–Trinajstić information content (AvgIpc) is 3.38. The maximum atomic E-state index is 12.8. The summed E-state index contributed by atoms with van der Waals surface area (Å²) in [6.45, 7) is 2.02. The number of amides is 1. The number of methoxy groups -OCH3 is 2. The van der Waals surface area contributed by atoms with E-state index in [-0.39, 0.29) is 5.91 Å². The fraction of sp³-hybridized carbons (Fsp3) is 0.192. The van der Waals surface area contributed by atoms with Crippen molar-refractivity contribution in [1.82, 2.24) is 15.3 Å². The number of rotatable bonds is 9. The van der Waals surface area contributed by atoms with Gasteiger partial charge in [0.05, 0.1) is 35.8 Å². The van der Waals surface area contributed by atoms with Crippen molar-refractivity contribution in [2.75, 3.05) is 19.5 Å². The van der Waals surface area contributed by atoms with E-state index in [1.807, 2.05) is 48.5 Å². The number of thiophene rings is 1. The first kappa shape index (κ1) is 24.2. The van der Waals surface area contributed by atoms with Gasteiger partial charge in [0.2, 0.25) is 5.95 Å². The zero-order valence-electron chi connectivity index (χ0n) is 19.6. The first-order valence-electron chi connectivity index (χ1n) is 10.9. The molecular weight excluding hydrogens is 464 g/mol. The maximum absolute atomic E-state index is 12.8. The third-order valence-corrected chi connectivity index (χ3v) is 6.39. The van der Waals surface area contributed by atoms with Crippen LogP contribution < -0.4 is 20.1 Å². The van der Waals surface area contributed by atoms with Crippen LogP contribution in [-0.2, 0) is 6.54 Å². The quantitative estimate of drug-likeness (QED) is 0.305. The lowest BCUT2D eigenvalue weighted by Crippen LogP contribution is -2.22. The molecule has 0 aliphatic rings. The molecule has 180 valence electrons. The van der Waals surface area contributed by atoms with Gasteiger partial charge in [0.15, 0.2) is 11.5 Å². The predicted molar refractivity (Wildman–Crippen MR) is 136 cm³/mol. The largest absolute Gasteiger partial charge is 0.493 e. The number of anilines is 2. The fourth-order valence-corrected chi connectivity index (χ4v) is 4.41. The number of carbonyl (C=O) groups excluding carboxylic acids is 1. The van der Waals surface area contributed by atoms with E-state index in [2.05, 4.69) is 20.6 Å². The highest BCUT2D eigenvalue weighted by molar-refractivity contribution is 7.17. The molecule has 0 fully saturated rings. The molecule has 0 radical (unpaired) electrons. The molecule has 0 saturated heterocycles. The van der Waals surface area contributed by atoms with Crippen LogP contribution in [0.1, 0.15) is 33.8 Å². The standard InChI is InChI=1S/C26H26N4O4S/c1-16(31)17-6-4-8-19(14-17)29-26-27-13-12-20(30-26)22-10-11-23(35-22)25(32)28-15-18-7-5-9-21(33-2)24(18)34-3/h4-14,16,31H,15H2,1-3H3,(H,28,32)(H,27,29,30). The molecular formula is C26H26N4O4S. The van der Waals surface area contributed by atoms with Crippen LogP contribution in [-0.4, -0.2) is 35.2 Å². The van der Waals surface area contributed by atoms with Crippen LogP contribution in [0.4, 0.5) is 11.6 Å². The van der Waals surface area contributed by atoms with Gasteiger partial charge >= 0.3 is 0 Å². The molecule has 2 heterocycles. The predicted octanol–water partition coefficient (Wildman–Crippen LogP) is 4.95. The molecule has 0 bridgehead atoms. The molecule has 1 atom stereocenters. The first-order chi connectivity index (χ1) is 17.0. The summed E-state index contributed by atoms with van der Waals surface area (Å²) in [7, 11) is 3.15. The van der Waals surface area contributed by atoms with Crippen LogP contribution in [0.25, 0.3) is 10.6 Å². The number of nitrogens with zero attached hydrogens (tertiary/aromatic N) is 2. The SMILES string of the molecule is COc1cccc(CNC(=O)c2ccc(-c3ccnc(Nc4cccc(C(C)O)c4)n3)s2)c1OC. The lowest BCUT2D eigenvalue weighted by atomic mass is 10.1. The summed E-state index contributed by atoms with van der Waals surface area (Å²) in [5, 5.41) is 15.9. The van der Waals surface area contributed by atoms with E-state index >= 15 is 0 Å². The van der Waals surface area contributed by atoms with E-state index in [9.17, 15) is 9.90 Å². The Labute approximate surface area is 207 Å². The Morgan fingerprint density at radius 3 is 2.69 bits per heavy atom. The van der Waals surface area contributed by atoms with E-state index in [0.29, 0.717) is 34.6 Å². The number of benzene rings is 2. The smallest absolute Gasteiger partial charge is 0.261 e. The Balaban J connectivity index is 1.45. The van der Waals surface area contributed by atoms with Crippen LogP contribution in [0.15, 0.2) is 66.9 Å². The molecule has 8 nitrogen and oxygen atoms in total. The van der Waals surface area contributed by atoms with E-state index in [1.54, 1.807) is 39.5 Å². The number of aliphatic hydroxyl groups is 1. The molecule has 2 aromatic carbocycles. The molecule has 0 saturated carbocycles. The molecule has 0 aliphatic carbocycles. The maximum Gasteiger partial charge on any atom is 0.261 e. The van der Waals surface area contributed by atoms with Crippen LogP contribution in [0.2, 0.25) is 0 Å². The van der Waals surface area contributed by atoms with Gasteiger partial charge < -0.3 is 25.2 Å². The van der Waals surface area contributed by atoms with Gasteiger partial charge in [0, 0.05) is 24.0 Å². The van der Waals surface area contributed by atoms with Gasteiger partial charge in [0.25, 0.3) is 5.91 Å². The van der Waals surface area contributed by atoms with Crippen molar-refractivity contribution in [2.24, 2.45) is 0 Å². The molecule has 4 rings (SSSR count). The van der Waals surface area contributed by atoms with E-state index in [1.165, 1.54) is 11.3 Å². The third-order valence-electron chi connectivity index (χ3n) is 5.29. The van der Waals surface area contributed by atoms with Gasteiger partial charge in [-0.05, 0) is 48.9 Å². The topological polar surface area (TPSA) is 106 Å². The molecule has 4 aromatic rings. The lowest BCUT2D eigenvalue weighted by Gasteiger charge is -2.12. The molecule has 35 heavy (non-hydrogen) atoms. The zero-order valence-corrected chi connectivity index (χ0v) is 20.4. The Morgan fingerprint density at radius 1 is 1.09 bits per heavy atom. The van der Waals surface area contributed by atoms with E-state index < -0.39 is 6.10 Å². The summed E-state index contributed by atoms with van der Waals surface area (Å²) in [6.07, 6.45) is 1.10. The fourth-order valence-electron chi connectivity index (χ4n) is 3.51. The van der Waals surface area contributed by atoms with Crippen molar-refractivity contribution in [2.45, 2.75) is 19.6 Å². The summed E-state index contributed by atoms with van der Waals surface area (Å²) >= 11 is 1.35. The van der Waals surface area contributed by atoms with Gasteiger partial charge in [-0.2, -0.15) is 0 Å². The number of aromatic nitrogens is 2. The van der Waals surface area contributed by atoms with Gasteiger partial charge in [-0.1, -0.05) is 24.3 Å². The number of hydrogen-bond donors (Lipinski definition) is 3. The number of nitrogens with one attached hydrogen (secondary N) is 2. The van der Waals surface area contributed by atoms with Crippen molar-refractivity contribution in [1.29, 1.82) is 0 Å². The summed E-state index contributed by atoms with van der Waals surface area (Å²) in [6, 6.07) is 18.4. The zero-order chi connectivity index (χ0) is 24.8.